The van der Waals surface area contributed by atoms with Crippen LogP contribution >= 0.6 is 11.8 Å². The fourth-order valence-electron chi connectivity index (χ4n) is 4.36. The van der Waals surface area contributed by atoms with Gasteiger partial charge in [0.05, 0.1) is 11.8 Å². The number of anilines is 1. The van der Waals surface area contributed by atoms with Crippen molar-refractivity contribution >= 4 is 23.4 Å². The van der Waals surface area contributed by atoms with Gasteiger partial charge in [-0.2, -0.15) is 5.26 Å². The van der Waals surface area contributed by atoms with Crippen LogP contribution in [0.1, 0.15) is 38.5 Å². The molecular formula is C24H24F2N2OS. The van der Waals surface area contributed by atoms with Crippen molar-refractivity contribution < 1.29 is 13.6 Å². The Balaban J connectivity index is 1.90. The summed E-state index contributed by atoms with van der Waals surface area (Å²) in [7, 11) is 0. The molecule has 0 saturated heterocycles. The van der Waals surface area contributed by atoms with Crippen molar-refractivity contribution in [3.63, 3.8) is 0 Å². The Bertz CT molecular complexity index is 982. The van der Waals surface area contributed by atoms with Crippen LogP contribution in [-0.2, 0) is 4.79 Å². The van der Waals surface area contributed by atoms with Crippen molar-refractivity contribution in [3.8, 4) is 17.2 Å². The number of thioether (sulfide) groups is 1. The van der Waals surface area contributed by atoms with Crippen LogP contribution in [0.5, 0.6) is 0 Å². The van der Waals surface area contributed by atoms with E-state index in [1.165, 1.54) is 16.7 Å². The number of alkyl halides is 2. The molecule has 2 aromatic rings. The number of halogens is 2. The summed E-state index contributed by atoms with van der Waals surface area (Å²) in [5.74, 6) is -5.03. The van der Waals surface area contributed by atoms with Crippen molar-refractivity contribution in [2.45, 2.75) is 54.9 Å². The number of carbonyl (C=O) groups excluding carboxylic acids is 1. The first-order valence-corrected chi connectivity index (χ1v) is 11.5. The molecule has 1 atom stereocenters. The van der Waals surface area contributed by atoms with Gasteiger partial charge in [-0.3, -0.25) is 9.69 Å². The van der Waals surface area contributed by atoms with Crippen LogP contribution < -0.4 is 4.90 Å². The topological polar surface area (TPSA) is 44.1 Å². The molecule has 30 heavy (non-hydrogen) atoms. The SMILES string of the molecule is CSc1cccc(-c2ccccc2)c1N(C(=O)C1CCCCC1(F)F)C1(C#N)CC1. The Labute approximate surface area is 180 Å². The highest BCUT2D eigenvalue weighted by atomic mass is 32.2. The quantitative estimate of drug-likeness (QED) is 0.528. The Morgan fingerprint density at radius 3 is 2.43 bits per heavy atom. The zero-order chi connectivity index (χ0) is 21.4. The Hall–Kier alpha value is -2.39. The number of para-hydroxylation sites is 1. The average molecular weight is 427 g/mol. The van der Waals surface area contributed by atoms with E-state index in [0.29, 0.717) is 31.4 Å². The van der Waals surface area contributed by atoms with Crippen molar-refractivity contribution in [3.05, 3.63) is 48.5 Å². The summed E-state index contributed by atoms with van der Waals surface area (Å²) in [6, 6.07) is 17.6. The van der Waals surface area contributed by atoms with Crippen molar-refractivity contribution in [2.75, 3.05) is 11.2 Å². The summed E-state index contributed by atoms with van der Waals surface area (Å²) in [5.41, 5.74) is 1.23. The third-order valence-corrected chi connectivity index (χ3v) is 6.94. The number of carbonyl (C=O) groups is 1. The maximum atomic E-state index is 14.8. The number of amides is 1. The number of hydrogen-bond donors (Lipinski definition) is 0. The third kappa shape index (κ3) is 3.60. The van der Waals surface area contributed by atoms with Crippen LogP contribution in [0.2, 0.25) is 0 Å². The van der Waals surface area contributed by atoms with Crippen molar-refractivity contribution in [1.82, 2.24) is 0 Å². The predicted octanol–water partition coefficient (Wildman–Crippen LogP) is 6.29. The molecule has 4 rings (SSSR count). The Morgan fingerprint density at radius 1 is 1.10 bits per heavy atom. The molecule has 2 aromatic carbocycles. The average Bonchev–Trinajstić information content (AvgIpc) is 3.55. The van der Waals surface area contributed by atoms with E-state index in [4.69, 9.17) is 0 Å². The minimum Gasteiger partial charge on any atom is -0.291 e. The second-order valence-corrected chi connectivity index (χ2v) is 8.95. The molecule has 0 heterocycles. The fraction of sp³-hybridized carbons (Fsp3) is 0.417. The molecule has 6 heteroatoms. The lowest BCUT2D eigenvalue weighted by atomic mass is 9.84. The van der Waals surface area contributed by atoms with Gasteiger partial charge in [-0.25, -0.2) is 8.78 Å². The van der Waals surface area contributed by atoms with Crippen LogP contribution in [-0.4, -0.2) is 23.6 Å². The molecule has 0 spiro atoms. The molecule has 1 unspecified atom stereocenters. The zero-order valence-corrected chi connectivity index (χ0v) is 17.7. The number of nitriles is 1. The summed E-state index contributed by atoms with van der Waals surface area (Å²) < 4.78 is 29.6. The molecule has 1 amide bonds. The van der Waals surface area contributed by atoms with E-state index in [-0.39, 0.29) is 12.8 Å². The molecule has 0 N–H and O–H groups in total. The van der Waals surface area contributed by atoms with Gasteiger partial charge in [-0.15, -0.1) is 11.8 Å². The van der Waals surface area contributed by atoms with Crippen LogP contribution in [0.3, 0.4) is 0 Å². The van der Waals surface area contributed by atoms with E-state index in [2.05, 4.69) is 6.07 Å². The third-order valence-electron chi connectivity index (χ3n) is 6.17. The van der Waals surface area contributed by atoms with E-state index < -0.39 is 23.3 Å². The standard InChI is InChI=1S/C24H24F2N2OS/c1-30-20-12-7-10-18(17-8-3-2-4-9-17)21(20)28(23(16-27)14-15-23)22(29)19-11-5-6-13-24(19,25)26/h2-4,7-10,12,19H,5-6,11,13-15H2,1H3. The molecule has 0 radical (unpaired) electrons. The molecule has 0 aliphatic heterocycles. The van der Waals surface area contributed by atoms with E-state index >= 15 is 0 Å². The van der Waals surface area contributed by atoms with E-state index in [0.717, 1.165) is 16.0 Å². The lowest BCUT2D eigenvalue weighted by Gasteiger charge is -2.38. The normalized spacial score (nSPS) is 21.5. The highest BCUT2D eigenvalue weighted by Gasteiger charge is 2.57. The van der Waals surface area contributed by atoms with Crippen LogP contribution in [0.4, 0.5) is 14.5 Å². The summed E-state index contributed by atoms with van der Waals surface area (Å²) in [6.07, 6.45) is 3.83. The number of hydrogen-bond acceptors (Lipinski definition) is 3. The van der Waals surface area contributed by atoms with Gasteiger partial charge in [0, 0.05) is 16.9 Å². The van der Waals surface area contributed by atoms with Gasteiger partial charge in [-0.05, 0) is 43.6 Å². The fourth-order valence-corrected chi connectivity index (χ4v) is 4.97. The van der Waals surface area contributed by atoms with Gasteiger partial charge in [-0.1, -0.05) is 48.9 Å². The second kappa shape index (κ2) is 8.03. The van der Waals surface area contributed by atoms with Crippen LogP contribution in [0.15, 0.2) is 53.4 Å². The maximum Gasteiger partial charge on any atom is 0.259 e. The minimum atomic E-state index is -3.04. The first-order valence-electron chi connectivity index (χ1n) is 10.3. The number of benzene rings is 2. The molecule has 3 nitrogen and oxygen atoms in total. The summed E-state index contributed by atoms with van der Waals surface area (Å²) in [6.45, 7) is 0. The van der Waals surface area contributed by atoms with E-state index in [1.54, 1.807) is 0 Å². The Morgan fingerprint density at radius 2 is 1.83 bits per heavy atom. The van der Waals surface area contributed by atoms with Crippen molar-refractivity contribution in [2.24, 2.45) is 5.92 Å². The minimum absolute atomic E-state index is 0.159. The first kappa shape index (κ1) is 20.9. The predicted molar refractivity (Wildman–Crippen MR) is 116 cm³/mol. The molecule has 156 valence electrons. The van der Waals surface area contributed by atoms with Gasteiger partial charge < -0.3 is 0 Å². The van der Waals surface area contributed by atoms with E-state index in [1.807, 2.05) is 54.8 Å². The Kier molecular flexibility index (Phi) is 5.59. The highest BCUT2D eigenvalue weighted by molar-refractivity contribution is 7.98. The zero-order valence-electron chi connectivity index (χ0n) is 16.9. The molecule has 0 aromatic heterocycles. The highest BCUT2D eigenvalue weighted by Crippen LogP contribution is 2.51. The monoisotopic (exact) mass is 426 g/mol. The lowest BCUT2D eigenvalue weighted by molar-refractivity contribution is -0.143. The van der Waals surface area contributed by atoms with E-state index in [9.17, 15) is 18.8 Å². The van der Waals surface area contributed by atoms with Crippen molar-refractivity contribution in [1.29, 1.82) is 5.26 Å². The molecule has 2 saturated carbocycles. The lowest BCUT2D eigenvalue weighted by Crippen LogP contribution is -2.51. The van der Waals surface area contributed by atoms with Gasteiger partial charge >= 0.3 is 0 Å². The first-order chi connectivity index (χ1) is 14.4. The summed E-state index contributed by atoms with van der Waals surface area (Å²) in [5, 5.41) is 9.95. The molecular weight excluding hydrogens is 402 g/mol. The van der Waals surface area contributed by atoms with Gasteiger partial charge in [0.1, 0.15) is 11.5 Å². The summed E-state index contributed by atoms with van der Waals surface area (Å²) >= 11 is 1.46. The largest absolute Gasteiger partial charge is 0.291 e. The molecule has 0 bridgehead atoms. The van der Waals surface area contributed by atoms with Crippen LogP contribution in [0.25, 0.3) is 11.1 Å². The van der Waals surface area contributed by atoms with Gasteiger partial charge in [0.2, 0.25) is 5.91 Å². The van der Waals surface area contributed by atoms with Gasteiger partial charge in [0.15, 0.2) is 0 Å². The smallest absolute Gasteiger partial charge is 0.259 e. The maximum absolute atomic E-state index is 14.8. The molecule has 2 aliphatic carbocycles. The molecule has 2 aliphatic rings. The second-order valence-electron chi connectivity index (χ2n) is 8.10. The molecule has 2 fully saturated rings. The van der Waals surface area contributed by atoms with Crippen LogP contribution in [0, 0.1) is 17.2 Å². The number of rotatable bonds is 5. The van der Waals surface area contributed by atoms with Gasteiger partial charge in [0.25, 0.3) is 5.92 Å². The number of nitrogens with zero attached hydrogens (tertiary/aromatic N) is 2. The summed E-state index contributed by atoms with van der Waals surface area (Å²) in [4.78, 5) is 15.9.